The van der Waals surface area contributed by atoms with Crippen LogP contribution in [0.2, 0.25) is 0 Å². The molecule has 0 aliphatic rings. The van der Waals surface area contributed by atoms with Gasteiger partial charge < -0.3 is 5.32 Å². The molecule has 0 fully saturated rings. The van der Waals surface area contributed by atoms with Crippen LogP contribution in [-0.4, -0.2) is 28.1 Å². The fraction of sp³-hybridized carbons (Fsp3) is 0.692. The maximum absolute atomic E-state index is 12.1. The van der Waals surface area contributed by atoms with E-state index in [0.29, 0.717) is 17.3 Å². The molecule has 0 aliphatic heterocycles. The van der Waals surface area contributed by atoms with Crippen molar-refractivity contribution in [3.8, 4) is 0 Å². The lowest BCUT2D eigenvalue weighted by Crippen LogP contribution is -2.31. The molecule has 0 bridgehead atoms. The SMILES string of the molecule is CCCNCCNS(=O)(=O)c1ccc(C(C)(C)C)s1. The molecule has 1 aromatic rings. The Kier molecular flexibility index (Phi) is 5.98. The van der Waals surface area contributed by atoms with E-state index < -0.39 is 10.0 Å². The van der Waals surface area contributed by atoms with Gasteiger partial charge in [0, 0.05) is 18.0 Å². The summed E-state index contributed by atoms with van der Waals surface area (Å²) in [5.41, 5.74) is -0.0128. The van der Waals surface area contributed by atoms with Gasteiger partial charge in [-0.1, -0.05) is 27.7 Å². The minimum Gasteiger partial charge on any atom is -0.315 e. The number of hydrogen-bond donors (Lipinski definition) is 2. The summed E-state index contributed by atoms with van der Waals surface area (Å²) in [6.45, 7) is 10.3. The summed E-state index contributed by atoms with van der Waals surface area (Å²) in [5.74, 6) is 0. The van der Waals surface area contributed by atoms with Gasteiger partial charge >= 0.3 is 0 Å². The van der Waals surface area contributed by atoms with Crippen molar-refractivity contribution in [3.05, 3.63) is 17.0 Å². The van der Waals surface area contributed by atoms with Crippen molar-refractivity contribution in [2.75, 3.05) is 19.6 Å². The monoisotopic (exact) mass is 304 g/mol. The highest BCUT2D eigenvalue weighted by atomic mass is 32.2. The van der Waals surface area contributed by atoms with Crippen LogP contribution in [0.5, 0.6) is 0 Å². The standard InChI is InChI=1S/C13H24N2O2S2/c1-5-8-14-9-10-15-19(16,17)12-7-6-11(18-12)13(2,3)4/h6-7,14-15H,5,8-10H2,1-4H3. The summed E-state index contributed by atoms with van der Waals surface area (Å²) in [6, 6.07) is 3.58. The smallest absolute Gasteiger partial charge is 0.250 e. The Morgan fingerprint density at radius 3 is 2.37 bits per heavy atom. The summed E-state index contributed by atoms with van der Waals surface area (Å²) < 4.78 is 27.2. The first-order chi connectivity index (χ1) is 8.77. The molecule has 0 aliphatic carbocycles. The lowest BCUT2D eigenvalue weighted by atomic mass is 9.95. The minimum absolute atomic E-state index is 0.0128. The Balaban J connectivity index is 2.60. The van der Waals surface area contributed by atoms with E-state index in [4.69, 9.17) is 0 Å². The van der Waals surface area contributed by atoms with Gasteiger partial charge in [0.05, 0.1) is 0 Å². The maximum Gasteiger partial charge on any atom is 0.250 e. The molecule has 1 heterocycles. The molecule has 0 atom stereocenters. The van der Waals surface area contributed by atoms with Crippen LogP contribution in [-0.2, 0) is 15.4 Å². The number of nitrogens with one attached hydrogen (secondary N) is 2. The molecule has 0 radical (unpaired) electrons. The van der Waals surface area contributed by atoms with Gasteiger partial charge in [0.25, 0.3) is 0 Å². The van der Waals surface area contributed by atoms with Crippen molar-refractivity contribution in [2.45, 2.75) is 43.7 Å². The van der Waals surface area contributed by atoms with Crippen molar-refractivity contribution in [1.29, 1.82) is 0 Å². The largest absolute Gasteiger partial charge is 0.315 e. The molecule has 0 spiro atoms. The second-order valence-corrected chi connectivity index (χ2v) is 8.59. The molecule has 1 aromatic heterocycles. The van der Waals surface area contributed by atoms with Crippen LogP contribution in [0, 0.1) is 0 Å². The van der Waals surface area contributed by atoms with E-state index in [-0.39, 0.29) is 5.41 Å². The van der Waals surface area contributed by atoms with Gasteiger partial charge in [0.15, 0.2) is 0 Å². The van der Waals surface area contributed by atoms with E-state index in [1.807, 2.05) is 6.07 Å². The highest BCUT2D eigenvalue weighted by Gasteiger charge is 2.21. The molecule has 4 nitrogen and oxygen atoms in total. The van der Waals surface area contributed by atoms with Crippen molar-refractivity contribution in [1.82, 2.24) is 10.0 Å². The first kappa shape index (κ1) is 16.6. The zero-order valence-electron chi connectivity index (χ0n) is 12.1. The van der Waals surface area contributed by atoms with Gasteiger partial charge in [0.1, 0.15) is 4.21 Å². The summed E-state index contributed by atoms with van der Waals surface area (Å²) in [4.78, 5) is 1.08. The Labute approximate surface area is 120 Å². The molecule has 2 N–H and O–H groups in total. The van der Waals surface area contributed by atoms with Crippen molar-refractivity contribution >= 4 is 21.4 Å². The summed E-state index contributed by atoms with van der Waals surface area (Å²) in [7, 11) is -3.36. The predicted molar refractivity (Wildman–Crippen MR) is 81.4 cm³/mol. The van der Waals surface area contributed by atoms with Crippen LogP contribution < -0.4 is 10.0 Å². The fourth-order valence-corrected chi connectivity index (χ4v) is 3.95. The number of sulfonamides is 1. The molecule has 0 unspecified atom stereocenters. The third-order valence-electron chi connectivity index (χ3n) is 2.61. The van der Waals surface area contributed by atoms with E-state index in [9.17, 15) is 8.42 Å². The molecule has 0 saturated heterocycles. The van der Waals surface area contributed by atoms with Crippen LogP contribution in [0.1, 0.15) is 39.0 Å². The summed E-state index contributed by atoms with van der Waals surface area (Å²) in [5, 5.41) is 3.17. The van der Waals surface area contributed by atoms with Crippen molar-refractivity contribution < 1.29 is 8.42 Å². The van der Waals surface area contributed by atoms with Crippen LogP contribution in [0.3, 0.4) is 0 Å². The molecule has 0 amide bonds. The zero-order chi connectivity index (χ0) is 14.5. The number of thiophene rings is 1. The second-order valence-electron chi connectivity index (χ2n) is 5.52. The van der Waals surface area contributed by atoms with Gasteiger partial charge in [0.2, 0.25) is 10.0 Å². The van der Waals surface area contributed by atoms with Crippen LogP contribution >= 0.6 is 11.3 Å². The van der Waals surface area contributed by atoms with E-state index >= 15 is 0 Å². The number of rotatable bonds is 7. The van der Waals surface area contributed by atoms with E-state index in [0.717, 1.165) is 17.8 Å². The quantitative estimate of drug-likeness (QED) is 0.760. The first-order valence-corrected chi connectivity index (χ1v) is 8.88. The Morgan fingerprint density at radius 1 is 1.16 bits per heavy atom. The summed E-state index contributed by atoms with van der Waals surface area (Å²) >= 11 is 1.34. The normalized spacial score (nSPS) is 12.8. The molecule has 1 rings (SSSR count). The van der Waals surface area contributed by atoms with E-state index in [1.165, 1.54) is 11.3 Å². The highest BCUT2D eigenvalue weighted by molar-refractivity contribution is 7.91. The van der Waals surface area contributed by atoms with Gasteiger partial charge in [-0.25, -0.2) is 13.1 Å². The number of hydrogen-bond acceptors (Lipinski definition) is 4. The van der Waals surface area contributed by atoms with Crippen LogP contribution in [0.25, 0.3) is 0 Å². The van der Waals surface area contributed by atoms with Crippen molar-refractivity contribution in [2.24, 2.45) is 0 Å². The molecular weight excluding hydrogens is 280 g/mol. The Hall–Kier alpha value is -0.430. The van der Waals surface area contributed by atoms with Gasteiger partial charge in [-0.15, -0.1) is 11.3 Å². The highest BCUT2D eigenvalue weighted by Crippen LogP contribution is 2.31. The average molecular weight is 304 g/mol. The van der Waals surface area contributed by atoms with Crippen molar-refractivity contribution in [3.63, 3.8) is 0 Å². The third-order valence-corrected chi connectivity index (χ3v) is 6.07. The molecule has 19 heavy (non-hydrogen) atoms. The third kappa shape index (κ3) is 5.22. The fourth-order valence-electron chi connectivity index (χ4n) is 1.51. The Bertz CT molecular complexity index is 487. The average Bonchev–Trinajstić information content (AvgIpc) is 2.78. The lowest BCUT2D eigenvalue weighted by Gasteiger charge is -2.15. The molecule has 110 valence electrons. The minimum atomic E-state index is -3.36. The molecule has 6 heteroatoms. The first-order valence-electron chi connectivity index (χ1n) is 6.58. The predicted octanol–water partition coefficient (Wildman–Crippen LogP) is 2.32. The topological polar surface area (TPSA) is 58.2 Å². The van der Waals surface area contributed by atoms with Gasteiger partial charge in [-0.05, 0) is 30.5 Å². The maximum atomic E-state index is 12.1. The van der Waals surface area contributed by atoms with Crippen LogP contribution in [0.15, 0.2) is 16.3 Å². The van der Waals surface area contributed by atoms with E-state index in [1.54, 1.807) is 6.07 Å². The molecular formula is C13H24N2O2S2. The lowest BCUT2D eigenvalue weighted by molar-refractivity contribution is 0.577. The molecule has 0 saturated carbocycles. The van der Waals surface area contributed by atoms with E-state index in [2.05, 4.69) is 37.7 Å². The van der Waals surface area contributed by atoms with Gasteiger partial charge in [-0.2, -0.15) is 0 Å². The second kappa shape index (κ2) is 6.83. The van der Waals surface area contributed by atoms with Gasteiger partial charge in [-0.3, -0.25) is 0 Å². The Morgan fingerprint density at radius 2 is 1.84 bits per heavy atom. The zero-order valence-corrected chi connectivity index (χ0v) is 13.7. The van der Waals surface area contributed by atoms with Crippen LogP contribution in [0.4, 0.5) is 0 Å². The summed E-state index contributed by atoms with van der Waals surface area (Å²) in [6.07, 6.45) is 1.05. The molecule has 0 aromatic carbocycles.